The average molecular weight is 540 g/mol. The van der Waals surface area contributed by atoms with E-state index in [1.807, 2.05) is 0 Å². The third-order valence-electron chi connectivity index (χ3n) is 7.73. The molecule has 0 saturated carbocycles. The maximum atomic E-state index is 11.7. The Morgan fingerprint density at radius 3 is 2.27 bits per heavy atom. The maximum absolute atomic E-state index is 11.7. The zero-order valence-electron chi connectivity index (χ0n) is 23.3. The van der Waals surface area contributed by atoms with Gasteiger partial charge in [0.25, 0.3) is 0 Å². The van der Waals surface area contributed by atoms with Crippen LogP contribution in [0.3, 0.4) is 0 Å². The molecular weight excluding hydrogens is 498 g/mol. The van der Waals surface area contributed by atoms with Gasteiger partial charge in [0.1, 0.15) is 0 Å². The standard InChI is InChI=1S/C33H41N5O2/c39-23-5-12-33(40)35-16-7-18-38-21-19-37(20-22-38)17-6-15-34-32-25-31(36-30-11-4-3-10-29(30)32)28-14-13-26-8-1-2-9-27(26)24-28/h1-4,8-11,13-14,24-25,39H,5-7,12,15-23H2,(H,34,36)(H,35,40). The fourth-order valence-corrected chi connectivity index (χ4v) is 5.44. The number of pyridine rings is 1. The number of aliphatic hydroxyl groups excluding tert-OH is 1. The maximum Gasteiger partial charge on any atom is 0.220 e. The predicted octanol–water partition coefficient (Wildman–Crippen LogP) is 4.75. The SMILES string of the molecule is O=C(CCCO)NCCCN1CCN(CCCNc2cc(-c3ccc4ccccc4c3)nc3ccccc23)CC1. The molecule has 0 aliphatic carbocycles. The number of fused-ring (bicyclic) bond motifs is 2. The van der Waals surface area contributed by atoms with Crippen molar-refractivity contribution >= 4 is 33.3 Å². The smallest absolute Gasteiger partial charge is 0.220 e. The van der Waals surface area contributed by atoms with Crippen LogP contribution in [0.5, 0.6) is 0 Å². The number of piperazine rings is 1. The van der Waals surface area contributed by atoms with Gasteiger partial charge < -0.3 is 25.5 Å². The lowest BCUT2D eigenvalue weighted by Gasteiger charge is -2.34. The molecule has 1 aliphatic rings. The first-order valence-corrected chi connectivity index (χ1v) is 14.6. The summed E-state index contributed by atoms with van der Waals surface area (Å²) in [5.41, 5.74) is 4.28. The average Bonchev–Trinajstić information content (AvgIpc) is 3.00. The topological polar surface area (TPSA) is 80.7 Å². The fraction of sp³-hybridized carbons (Fsp3) is 0.394. The van der Waals surface area contributed by atoms with Gasteiger partial charge in [0.15, 0.2) is 0 Å². The van der Waals surface area contributed by atoms with Crippen molar-refractivity contribution < 1.29 is 9.90 Å². The summed E-state index contributed by atoms with van der Waals surface area (Å²) in [5, 5.41) is 19.1. The molecule has 2 heterocycles. The van der Waals surface area contributed by atoms with Crippen LogP contribution in [0.25, 0.3) is 32.9 Å². The van der Waals surface area contributed by atoms with Gasteiger partial charge in [-0.1, -0.05) is 54.6 Å². The lowest BCUT2D eigenvalue weighted by Crippen LogP contribution is -2.47. The van der Waals surface area contributed by atoms with Gasteiger partial charge in [0, 0.05) is 68.9 Å². The first-order valence-electron chi connectivity index (χ1n) is 14.6. The molecule has 0 atom stereocenters. The van der Waals surface area contributed by atoms with Crippen molar-refractivity contribution in [1.29, 1.82) is 0 Å². The number of benzene rings is 3. The number of carbonyl (C=O) groups excluding carboxylic acids is 1. The van der Waals surface area contributed by atoms with E-state index in [4.69, 9.17) is 10.1 Å². The Kier molecular flexibility index (Phi) is 9.96. The van der Waals surface area contributed by atoms with E-state index >= 15 is 0 Å². The molecule has 7 nitrogen and oxygen atoms in total. The molecule has 40 heavy (non-hydrogen) atoms. The molecule has 1 amide bonds. The van der Waals surface area contributed by atoms with Crippen LogP contribution in [-0.4, -0.2) is 84.8 Å². The van der Waals surface area contributed by atoms with Crippen molar-refractivity contribution in [2.75, 3.05) is 64.3 Å². The number of aliphatic hydroxyl groups is 1. The van der Waals surface area contributed by atoms with Crippen molar-refractivity contribution in [1.82, 2.24) is 20.1 Å². The number of hydrogen-bond acceptors (Lipinski definition) is 6. The van der Waals surface area contributed by atoms with Gasteiger partial charge in [0.05, 0.1) is 11.2 Å². The Labute approximate surface area is 237 Å². The number of hydrogen-bond donors (Lipinski definition) is 3. The van der Waals surface area contributed by atoms with E-state index in [0.717, 1.165) is 86.5 Å². The Morgan fingerprint density at radius 2 is 1.50 bits per heavy atom. The molecule has 4 aromatic rings. The highest BCUT2D eigenvalue weighted by Crippen LogP contribution is 2.30. The molecule has 3 aromatic carbocycles. The van der Waals surface area contributed by atoms with E-state index in [1.165, 1.54) is 10.8 Å². The van der Waals surface area contributed by atoms with Crippen LogP contribution in [0, 0.1) is 0 Å². The minimum Gasteiger partial charge on any atom is -0.396 e. The van der Waals surface area contributed by atoms with E-state index in [0.29, 0.717) is 19.4 Å². The summed E-state index contributed by atoms with van der Waals surface area (Å²) in [6.07, 6.45) is 3.00. The first kappa shape index (κ1) is 28.0. The minimum absolute atomic E-state index is 0.0390. The van der Waals surface area contributed by atoms with Crippen LogP contribution >= 0.6 is 0 Å². The van der Waals surface area contributed by atoms with Crippen molar-refractivity contribution in [3.8, 4) is 11.3 Å². The molecule has 1 fully saturated rings. The van der Waals surface area contributed by atoms with Crippen LogP contribution in [0.15, 0.2) is 72.8 Å². The van der Waals surface area contributed by atoms with E-state index in [9.17, 15) is 4.79 Å². The van der Waals surface area contributed by atoms with Gasteiger partial charge in [0.2, 0.25) is 5.91 Å². The van der Waals surface area contributed by atoms with Crippen molar-refractivity contribution in [3.63, 3.8) is 0 Å². The monoisotopic (exact) mass is 539 g/mol. The van der Waals surface area contributed by atoms with Gasteiger partial charge in [-0.25, -0.2) is 4.98 Å². The van der Waals surface area contributed by atoms with E-state index < -0.39 is 0 Å². The van der Waals surface area contributed by atoms with Gasteiger partial charge in [-0.2, -0.15) is 0 Å². The summed E-state index contributed by atoms with van der Waals surface area (Å²) in [6.45, 7) is 8.14. The normalized spacial score (nSPS) is 14.5. The van der Waals surface area contributed by atoms with Crippen molar-refractivity contribution in [2.24, 2.45) is 0 Å². The molecule has 1 aliphatic heterocycles. The van der Waals surface area contributed by atoms with Gasteiger partial charge >= 0.3 is 0 Å². The summed E-state index contributed by atoms with van der Waals surface area (Å²) in [4.78, 5) is 21.7. The lowest BCUT2D eigenvalue weighted by atomic mass is 10.0. The molecule has 1 saturated heterocycles. The second-order valence-corrected chi connectivity index (χ2v) is 10.6. The Hall–Kier alpha value is -3.52. The second kappa shape index (κ2) is 14.2. The number of aromatic nitrogens is 1. The molecule has 5 rings (SSSR count). The number of amides is 1. The summed E-state index contributed by atoms with van der Waals surface area (Å²) >= 11 is 0. The summed E-state index contributed by atoms with van der Waals surface area (Å²) in [5.74, 6) is 0.0390. The Morgan fingerprint density at radius 1 is 0.800 bits per heavy atom. The highest BCUT2D eigenvalue weighted by Gasteiger charge is 2.16. The van der Waals surface area contributed by atoms with Crippen LogP contribution in [0.4, 0.5) is 5.69 Å². The molecule has 0 radical (unpaired) electrons. The highest BCUT2D eigenvalue weighted by molar-refractivity contribution is 5.95. The zero-order valence-corrected chi connectivity index (χ0v) is 23.3. The third-order valence-corrected chi connectivity index (χ3v) is 7.73. The summed E-state index contributed by atoms with van der Waals surface area (Å²) < 4.78 is 0. The molecule has 0 unspecified atom stereocenters. The van der Waals surface area contributed by atoms with Crippen molar-refractivity contribution in [2.45, 2.75) is 25.7 Å². The molecule has 0 bridgehead atoms. The van der Waals surface area contributed by atoms with Gasteiger partial charge in [-0.3, -0.25) is 4.79 Å². The molecule has 7 heteroatoms. The largest absolute Gasteiger partial charge is 0.396 e. The van der Waals surface area contributed by atoms with Crippen molar-refractivity contribution in [3.05, 3.63) is 72.8 Å². The van der Waals surface area contributed by atoms with Crippen LogP contribution < -0.4 is 10.6 Å². The Bertz CT molecular complexity index is 1400. The number of nitrogens with one attached hydrogen (secondary N) is 2. The second-order valence-electron chi connectivity index (χ2n) is 10.6. The number of para-hydroxylation sites is 1. The van der Waals surface area contributed by atoms with Gasteiger partial charge in [-0.05, 0) is 61.3 Å². The number of anilines is 1. The number of rotatable bonds is 13. The van der Waals surface area contributed by atoms with Crippen LogP contribution in [0.1, 0.15) is 25.7 Å². The molecule has 3 N–H and O–H groups in total. The lowest BCUT2D eigenvalue weighted by molar-refractivity contribution is -0.121. The van der Waals surface area contributed by atoms with E-state index in [-0.39, 0.29) is 12.5 Å². The third kappa shape index (κ3) is 7.56. The number of carbonyl (C=O) groups is 1. The summed E-state index contributed by atoms with van der Waals surface area (Å²) in [7, 11) is 0. The predicted molar refractivity (Wildman–Crippen MR) is 165 cm³/mol. The highest BCUT2D eigenvalue weighted by atomic mass is 16.3. The van der Waals surface area contributed by atoms with Crippen LogP contribution in [-0.2, 0) is 4.79 Å². The quantitative estimate of drug-likeness (QED) is 0.213. The molecule has 1 aromatic heterocycles. The molecule has 210 valence electrons. The Balaban J connectivity index is 1.09. The van der Waals surface area contributed by atoms with E-state index in [2.05, 4.69) is 93.2 Å². The molecule has 0 spiro atoms. The summed E-state index contributed by atoms with van der Waals surface area (Å²) in [6, 6.07) is 25.6. The van der Waals surface area contributed by atoms with Crippen LogP contribution in [0.2, 0.25) is 0 Å². The number of nitrogens with zero attached hydrogens (tertiary/aromatic N) is 3. The zero-order chi connectivity index (χ0) is 27.6. The van der Waals surface area contributed by atoms with Gasteiger partial charge in [-0.15, -0.1) is 0 Å². The fourth-order valence-electron chi connectivity index (χ4n) is 5.44. The molecular formula is C33H41N5O2. The van der Waals surface area contributed by atoms with E-state index in [1.54, 1.807) is 0 Å². The first-order chi connectivity index (χ1) is 19.7. The minimum atomic E-state index is 0.0390.